The fraction of sp³-hybridized carbons (Fsp3) is 0. The number of anilines is 3. The van der Waals surface area contributed by atoms with E-state index in [0.717, 1.165) is 55.7 Å². The van der Waals surface area contributed by atoms with Crippen LogP contribution < -0.4 is 4.90 Å². The van der Waals surface area contributed by atoms with Crippen molar-refractivity contribution in [2.45, 2.75) is 0 Å². The van der Waals surface area contributed by atoms with E-state index in [0.29, 0.717) is 0 Å². The number of benzene rings is 11. The van der Waals surface area contributed by atoms with Gasteiger partial charge in [-0.3, -0.25) is 0 Å². The number of nitrogens with zero attached hydrogens (tertiary/aromatic N) is 1. The van der Waals surface area contributed by atoms with Crippen molar-refractivity contribution in [3.05, 3.63) is 224 Å². The number of hydrogen-bond donors (Lipinski definition) is 0. The van der Waals surface area contributed by atoms with Gasteiger partial charge >= 0.3 is 0 Å². The summed E-state index contributed by atoms with van der Waals surface area (Å²) in [5.74, 6) is 0. The van der Waals surface area contributed by atoms with Crippen LogP contribution >= 0.6 is 0 Å². The summed E-state index contributed by atoms with van der Waals surface area (Å²) >= 11 is 0. The van der Waals surface area contributed by atoms with Gasteiger partial charge in [0.1, 0.15) is 11.2 Å². The highest BCUT2D eigenvalue weighted by molar-refractivity contribution is 6.17. The van der Waals surface area contributed by atoms with Crippen molar-refractivity contribution in [2.75, 3.05) is 4.90 Å². The molecule has 12 rings (SSSR count). The van der Waals surface area contributed by atoms with Gasteiger partial charge in [-0.1, -0.05) is 182 Å². The van der Waals surface area contributed by atoms with Gasteiger partial charge < -0.3 is 9.32 Å². The molecule has 1 heterocycles. The Labute approximate surface area is 347 Å². The van der Waals surface area contributed by atoms with Crippen LogP contribution in [0.15, 0.2) is 229 Å². The Balaban J connectivity index is 1.05. The minimum absolute atomic E-state index is 0.889. The largest absolute Gasteiger partial charge is 0.455 e. The minimum atomic E-state index is 0.889. The van der Waals surface area contributed by atoms with E-state index in [4.69, 9.17) is 4.42 Å². The zero-order chi connectivity index (χ0) is 39.6. The zero-order valence-electron chi connectivity index (χ0n) is 32.7. The van der Waals surface area contributed by atoms with E-state index in [1.54, 1.807) is 0 Å². The van der Waals surface area contributed by atoms with Gasteiger partial charge in [-0.05, 0) is 102 Å². The van der Waals surface area contributed by atoms with Crippen LogP contribution in [0, 0.1) is 0 Å². The van der Waals surface area contributed by atoms with Crippen molar-refractivity contribution in [3.63, 3.8) is 0 Å². The van der Waals surface area contributed by atoms with Gasteiger partial charge in [-0.15, -0.1) is 0 Å². The molecular formula is C58H37NO. The van der Waals surface area contributed by atoms with Crippen molar-refractivity contribution in [1.82, 2.24) is 0 Å². The number of furan rings is 1. The van der Waals surface area contributed by atoms with E-state index in [1.165, 1.54) is 59.8 Å². The van der Waals surface area contributed by atoms with Gasteiger partial charge in [-0.2, -0.15) is 0 Å². The summed E-state index contributed by atoms with van der Waals surface area (Å²) in [4.78, 5) is 2.44. The van der Waals surface area contributed by atoms with E-state index in [9.17, 15) is 0 Å². The molecule has 0 fully saturated rings. The molecule has 0 aliphatic rings. The lowest BCUT2D eigenvalue weighted by atomic mass is 9.95. The van der Waals surface area contributed by atoms with Gasteiger partial charge in [-0.25, -0.2) is 0 Å². The highest BCUT2D eigenvalue weighted by Gasteiger charge is 2.23. The minimum Gasteiger partial charge on any atom is -0.455 e. The van der Waals surface area contributed by atoms with Crippen molar-refractivity contribution in [3.8, 4) is 33.4 Å². The summed E-state index contributed by atoms with van der Waals surface area (Å²) in [6, 6.07) is 81.3. The fourth-order valence-electron chi connectivity index (χ4n) is 9.37. The second-order valence-electron chi connectivity index (χ2n) is 15.6. The number of fused-ring (bicyclic) bond motifs is 8. The van der Waals surface area contributed by atoms with Crippen molar-refractivity contribution in [1.29, 1.82) is 0 Å². The molecule has 2 nitrogen and oxygen atoms in total. The molecule has 0 N–H and O–H groups in total. The van der Waals surface area contributed by atoms with E-state index in [-0.39, 0.29) is 0 Å². The highest BCUT2D eigenvalue weighted by atomic mass is 16.3. The van der Waals surface area contributed by atoms with Gasteiger partial charge in [0, 0.05) is 33.0 Å². The third-order valence-corrected chi connectivity index (χ3v) is 12.2. The summed E-state index contributed by atoms with van der Waals surface area (Å²) in [6.07, 6.45) is 0. The smallest absolute Gasteiger partial charge is 0.143 e. The highest BCUT2D eigenvalue weighted by Crippen LogP contribution is 2.47. The topological polar surface area (TPSA) is 16.4 Å². The molecule has 0 unspecified atom stereocenters. The van der Waals surface area contributed by atoms with Crippen LogP contribution in [-0.2, 0) is 0 Å². The Kier molecular flexibility index (Phi) is 7.89. The first-order chi connectivity index (χ1) is 29.7. The van der Waals surface area contributed by atoms with Crippen LogP contribution in [-0.4, -0.2) is 0 Å². The van der Waals surface area contributed by atoms with E-state index < -0.39 is 0 Å². The Hall–Kier alpha value is -7.94. The normalized spacial score (nSPS) is 11.7. The molecule has 0 aliphatic carbocycles. The molecule has 0 bridgehead atoms. The van der Waals surface area contributed by atoms with Crippen molar-refractivity contribution < 1.29 is 4.42 Å². The van der Waals surface area contributed by atoms with Gasteiger partial charge in [0.2, 0.25) is 0 Å². The van der Waals surface area contributed by atoms with Crippen molar-refractivity contribution in [2.24, 2.45) is 0 Å². The maximum Gasteiger partial charge on any atom is 0.143 e. The molecule has 60 heavy (non-hydrogen) atoms. The summed E-state index contributed by atoms with van der Waals surface area (Å²) in [6.45, 7) is 0. The molecule has 0 saturated heterocycles. The first kappa shape index (κ1) is 34.1. The Bertz CT molecular complexity index is 3610. The Morgan fingerprint density at radius 1 is 0.283 bits per heavy atom. The quantitative estimate of drug-likeness (QED) is 0.157. The molecule has 280 valence electrons. The first-order valence-corrected chi connectivity index (χ1v) is 20.6. The van der Waals surface area contributed by atoms with Crippen LogP contribution in [0.3, 0.4) is 0 Å². The summed E-state index contributed by atoms with van der Waals surface area (Å²) in [7, 11) is 0. The number of para-hydroxylation sites is 2. The summed E-state index contributed by atoms with van der Waals surface area (Å²) in [5, 5.41) is 12.0. The standard InChI is InChI=1S/C58H37NO/c1-2-16-42-37-57-54(35-41(42)15-1)53-28-13-27-52(58(53)60-57)51-25-9-10-29-55(51)59(56-36-44-17-4-6-22-48(44)49-23-7-8-24-50(49)56)45-32-30-38(31-33-45)40-19-11-20-43(34-40)47-26-12-18-39-14-3-5-21-46(39)47/h1-37H. The zero-order valence-corrected chi connectivity index (χ0v) is 32.7. The van der Waals surface area contributed by atoms with E-state index >= 15 is 0 Å². The molecular weight excluding hydrogens is 727 g/mol. The average molecular weight is 764 g/mol. The maximum atomic E-state index is 6.83. The lowest BCUT2D eigenvalue weighted by Crippen LogP contribution is -2.12. The van der Waals surface area contributed by atoms with Crippen LogP contribution in [0.25, 0.3) is 98.4 Å². The molecule has 0 saturated carbocycles. The van der Waals surface area contributed by atoms with Crippen LogP contribution in [0.1, 0.15) is 0 Å². The van der Waals surface area contributed by atoms with E-state index in [2.05, 4.69) is 229 Å². The molecule has 0 atom stereocenters. The second-order valence-corrected chi connectivity index (χ2v) is 15.6. The van der Waals surface area contributed by atoms with Crippen LogP contribution in [0.2, 0.25) is 0 Å². The predicted molar refractivity (Wildman–Crippen MR) is 255 cm³/mol. The SMILES string of the molecule is c1cc(-c2ccc(N(c3ccccc3-c3cccc4c3oc3cc5ccccc5cc34)c3cc4ccccc4c4ccccc34)cc2)cc(-c2cccc3ccccc23)c1. The number of rotatable bonds is 6. The van der Waals surface area contributed by atoms with Gasteiger partial charge in [0.15, 0.2) is 0 Å². The van der Waals surface area contributed by atoms with Crippen molar-refractivity contribution >= 4 is 82.1 Å². The van der Waals surface area contributed by atoms with Gasteiger partial charge in [0.05, 0.1) is 11.4 Å². The average Bonchev–Trinajstić information content (AvgIpc) is 3.69. The molecule has 0 aliphatic heterocycles. The fourth-order valence-corrected chi connectivity index (χ4v) is 9.37. The maximum absolute atomic E-state index is 6.83. The molecule has 0 amide bonds. The molecule has 2 heteroatoms. The Morgan fingerprint density at radius 3 is 1.72 bits per heavy atom. The molecule has 0 radical (unpaired) electrons. The monoisotopic (exact) mass is 763 g/mol. The molecule has 12 aromatic rings. The summed E-state index contributed by atoms with van der Waals surface area (Å²) in [5.41, 5.74) is 12.0. The lowest BCUT2D eigenvalue weighted by molar-refractivity contribution is 0.670. The van der Waals surface area contributed by atoms with Crippen LogP contribution in [0.4, 0.5) is 17.1 Å². The third-order valence-electron chi connectivity index (χ3n) is 12.2. The second kappa shape index (κ2) is 13.9. The lowest BCUT2D eigenvalue weighted by Gasteiger charge is -2.29. The molecule has 11 aromatic carbocycles. The molecule has 1 aromatic heterocycles. The summed E-state index contributed by atoms with van der Waals surface area (Å²) < 4.78 is 6.83. The first-order valence-electron chi connectivity index (χ1n) is 20.6. The molecule has 0 spiro atoms. The Morgan fingerprint density at radius 2 is 0.867 bits per heavy atom. The third kappa shape index (κ3) is 5.57. The van der Waals surface area contributed by atoms with Crippen LogP contribution in [0.5, 0.6) is 0 Å². The predicted octanol–water partition coefficient (Wildman–Crippen LogP) is 16.7. The van der Waals surface area contributed by atoms with Gasteiger partial charge in [0.25, 0.3) is 0 Å². The number of hydrogen-bond acceptors (Lipinski definition) is 2. The van der Waals surface area contributed by atoms with E-state index in [1.807, 2.05) is 0 Å².